The Bertz CT molecular complexity index is 478. The number of nitrogens with one attached hydrogen (secondary N) is 1. The van der Waals surface area contributed by atoms with E-state index in [1.807, 2.05) is 6.07 Å². The van der Waals surface area contributed by atoms with E-state index in [-0.39, 0.29) is 12.6 Å². The predicted octanol–water partition coefficient (Wildman–Crippen LogP) is 2.86. The Kier molecular flexibility index (Phi) is 5.13. The van der Waals surface area contributed by atoms with E-state index in [0.717, 1.165) is 6.42 Å². The first-order valence-corrected chi connectivity index (χ1v) is 6.74. The largest absolute Gasteiger partial charge is 0.395 e. The van der Waals surface area contributed by atoms with Crippen molar-refractivity contribution in [2.75, 3.05) is 13.2 Å². The second-order valence-corrected chi connectivity index (χ2v) is 4.83. The zero-order chi connectivity index (χ0) is 13.5. The first-order chi connectivity index (χ1) is 9.29. The van der Waals surface area contributed by atoms with Crippen LogP contribution in [-0.4, -0.2) is 18.3 Å². The number of aliphatic hydroxyl groups is 1. The molecule has 2 N–H and O–H groups in total. The van der Waals surface area contributed by atoms with Gasteiger partial charge in [0.15, 0.2) is 0 Å². The zero-order valence-corrected chi connectivity index (χ0v) is 11.3. The lowest BCUT2D eigenvalue weighted by Gasteiger charge is -2.19. The van der Waals surface area contributed by atoms with Gasteiger partial charge in [0, 0.05) is 12.6 Å². The highest BCUT2D eigenvalue weighted by molar-refractivity contribution is 5.26. The Hall–Kier alpha value is -1.64. The number of aliphatic hydroxyl groups excluding tert-OH is 1. The van der Waals surface area contributed by atoms with Gasteiger partial charge in [-0.2, -0.15) is 0 Å². The van der Waals surface area contributed by atoms with E-state index >= 15 is 0 Å². The van der Waals surface area contributed by atoms with Crippen molar-refractivity contribution < 1.29 is 5.11 Å². The molecule has 2 heteroatoms. The molecule has 0 radical (unpaired) electrons. The van der Waals surface area contributed by atoms with Crippen molar-refractivity contribution in [1.29, 1.82) is 0 Å². The van der Waals surface area contributed by atoms with Gasteiger partial charge >= 0.3 is 0 Å². The molecule has 0 aliphatic heterocycles. The molecule has 2 rings (SSSR count). The van der Waals surface area contributed by atoms with E-state index in [2.05, 4.69) is 60.8 Å². The predicted molar refractivity (Wildman–Crippen MR) is 79.2 cm³/mol. The summed E-state index contributed by atoms with van der Waals surface area (Å²) in [5.41, 5.74) is 3.84. The highest BCUT2D eigenvalue weighted by Crippen LogP contribution is 2.18. The lowest BCUT2D eigenvalue weighted by atomic mass is 9.98. The molecule has 0 amide bonds. The molecule has 0 spiro atoms. The molecule has 2 aromatic rings. The summed E-state index contributed by atoms with van der Waals surface area (Å²) in [5.74, 6) is 0. The van der Waals surface area contributed by atoms with E-state index < -0.39 is 0 Å². The van der Waals surface area contributed by atoms with Crippen LogP contribution in [0, 0.1) is 6.92 Å². The van der Waals surface area contributed by atoms with E-state index in [1.165, 1.54) is 16.7 Å². The highest BCUT2D eigenvalue weighted by atomic mass is 16.3. The molecule has 2 nitrogen and oxygen atoms in total. The van der Waals surface area contributed by atoms with Gasteiger partial charge in [-0.05, 0) is 24.5 Å². The molecule has 1 atom stereocenters. The fourth-order valence-electron chi connectivity index (χ4n) is 2.20. The smallest absolute Gasteiger partial charge is 0.0556 e. The van der Waals surface area contributed by atoms with Crippen LogP contribution in [0.25, 0.3) is 0 Å². The standard InChI is InChI=1S/C17H21NO/c1-14-7-9-16(10-8-14)17(18-11-12-19)13-15-5-3-2-4-6-15/h2-10,17-19H,11-13H2,1H3. The molecule has 0 aromatic heterocycles. The number of rotatable bonds is 6. The van der Waals surface area contributed by atoms with Crippen LogP contribution in [0.2, 0.25) is 0 Å². The van der Waals surface area contributed by atoms with Gasteiger partial charge < -0.3 is 10.4 Å². The summed E-state index contributed by atoms with van der Waals surface area (Å²) in [6.07, 6.45) is 0.934. The van der Waals surface area contributed by atoms with E-state index in [0.29, 0.717) is 6.54 Å². The molecule has 0 saturated heterocycles. The second kappa shape index (κ2) is 7.07. The molecule has 19 heavy (non-hydrogen) atoms. The van der Waals surface area contributed by atoms with Crippen molar-refractivity contribution in [1.82, 2.24) is 5.32 Å². The van der Waals surface area contributed by atoms with Gasteiger partial charge in [-0.1, -0.05) is 60.2 Å². The summed E-state index contributed by atoms with van der Waals surface area (Å²) < 4.78 is 0. The maximum Gasteiger partial charge on any atom is 0.0556 e. The van der Waals surface area contributed by atoms with E-state index in [1.54, 1.807) is 0 Å². The van der Waals surface area contributed by atoms with Crippen LogP contribution >= 0.6 is 0 Å². The first-order valence-electron chi connectivity index (χ1n) is 6.74. The summed E-state index contributed by atoms with van der Waals surface area (Å²) in [4.78, 5) is 0. The average Bonchev–Trinajstić information content (AvgIpc) is 2.45. The molecule has 0 fully saturated rings. The molecule has 0 aliphatic carbocycles. The van der Waals surface area contributed by atoms with Gasteiger partial charge in [0.05, 0.1) is 6.61 Å². The van der Waals surface area contributed by atoms with E-state index in [4.69, 9.17) is 5.11 Å². The van der Waals surface area contributed by atoms with Crippen molar-refractivity contribution in [3.63, 3.8) is 0 Å². The van der Waals surface area contributed by atoms with Crippen LogP contribution in [-0.2, 0) is 6.42 Å². The van der Waals surface area contributed by atoms with Crippen LogP contribution in [0.5, 0.6) is 0 Å². The molecular formula is C17H21NO. The lowest BCUT2D eigenvalue weighted by Crippen LogP contribution is -2.26. The van der Waals surface area contributed by atoms with Gasteiger partial charge in [-0.3, -0.25) is 0 Å². The van der Waals surface area contributed by atoms with Gasteiger partial charge in [0.25, 0.3) is 0 Å². The number of aryl methyl sites for hydroxylation is 1. The van der Waals surface area contributed by atoms with Crippen LogP contribution in [0.15, 0.2) is 54.6 Å². The highest BCUT2D eigenvalue weighted by Gasteiger charge is 2.11. The molecular weight excluding hydrogens is 234 g/mol. The van der Waals surface area contributed by atoms with Crippen LogP contribution in [0.3, 0.4) is 0 Å². The van der Waals surface area contributed by atoms with Crippen molar-refractivity contribution in [3.8, 4) is 0 Å². The number of hydrogen-bond acceptors (Lipinski definition) is 2. The SMILES string of the molecule is Cc1ccc(C(Cc2ccccc2)NCCO)cc1. The fraction of sp³-hybridized carbons (Fsp3) is 0.294. The third-order valence-corrected chi connectivity index (χ3v) is 3.26. The maximum absolute atomic E-state index is 9.01. The molecule has 0 aliphatic rings. The quantitative estimate of drug-likeness (QED) is 0.832. The summed E-state index contributed by atoms with van der Waals surface area (Å²) >= 11 is 0. The third kappa shape index (κ3) is 4.19. The van der Waals surface area contributed by atoms with Crippen LogP contribution < -0.4 is 5.32 Å². The fourth-order valence-corrected chi connectivity index (χ4v) is 2.20. The normalized spacial score (nSPS) is 12.3. The van der Waals surface area contributed by atoms with Crippen LogP contribution in [0.4, 0.5) is 0 Å². The number of hydrogen-bond donors (Lipinski definition) is 2. The monoisotopic (exact) mass is 255 g/mol. The van der Waals surface area contributed by atoms with Gasteiger partial charge in [-0.25, -0.2) is 0 Å². The van der Waals surface area contributed by atoms with Gasteiger partial charge in [-0.15, -0.1) is 0 Å². The summed E-state index contributed by atoms with van der Waals surface area (Å²) in [7, 11) is 0. The topological polar surface area (TPSA) is 32.3 Å². The minimum atomic E-state index is 0.164. The Morgan fingerprint density at radius 2 is 1.68 bits per heavy atom. The molecule has 2 aromatic carbocycles. The summed E-state index contributed by atoms with van der Waals surface area (Å²) in [6, 6.07) is 19.3. The van der Waals surface area contributed by atoms with E-state index in [9.17, 15) is 0 Å². The first kappa shape index (κ1) is 13.8. The minimum Gasteiger partial charge on any atom is -0.395 e. The van der Waals surface area contributed by atoms with Crippen LogP contribution in [0.1, 0.15) is 22.7 Å². The summed E-state index contributed by atoms with van der Waals surface area (Å²) in [6.45, 7) is 2.87. The Balaban J connectivity index is 2.13. The van der Waals surface area contributed by atoms with Gasteiger partial charge in [0.2, 0.25) is 0 Å². The van der Waals surface area contributed by atoms with Crippen molar-refractivity contribution in [2.24, 2.45) is 0 Å². The molecule has 0 bridgehead atoms. The number of benzene rings is 2. The molecule has 0 saturated carbocycles. The summed E-state index contributed by atoms with van der Waals surface area (Å²) in [5, 5.41) is 12.4. The average molecular weight is 255 g/mol. The second-order valence-electron chi connectivity index (χ2n) is 4.83. The van der Waals surface area contributed by atoms with Crippen molar-refractivity contribution in [2.45, 2.75) is 19.4 Å². The Morgan fingerprint density at radius 1 is 1.00 bits per heavy atom. The molecule has 100 valence electrons. The third-order valence-electron chi connectivity index (χ3n) is 3.26. The molecule has 1 unspecified atom stereocenters. The van der Waals surface area contributed by atoms with Crippen molar-refractivity contribution >= 4 is 0 Å². The zero-order valence-electron chi connectivity index (χ0n) is 11.3. The Morgan fingerprint density at radius 3 is 2.32 bits per heavy atom. The maximum atomic E-state index is 9.01. The lowest BCUT2D eigenvalue weighted by molar-refractivity contribution is 0.284. The van der Waals surface area contributed by atoms with Gasteiger partial charge in [0.1, 0.15) is 0 Å². The van der Waals surface area contributed by atoms with Crippen molar-refractivity contribution in [3.05, 3.63) is 71.3 Å². The Labute approximate surface area is 115 Å². The molecule has 0 heterocycles. The minimum absolute atomic E-state index is 0.164.